The second-order valence-electron chi connectivity index (χ2n) is 2.44. The molecule has 0 aliphatic heterocycles. The summed E-state index contributed by atoms with van der Waals surface area (Å²) in [7, 11) is 0. The van der Waals surface area contributed by atoms with Gasteiger partial charge in [0.1, 0.15) is 0 Å². The lowest BCUT2D eigenvalue weighted by molar-refractivity contribution is 1.01. The number of hydrogen-bond acceptors (Lipinski definition) is 2. The first kappa shape index (κ1) is 6.15. The van der Waals surface area contributed by atoms with Crippen LogP contribution >= 0.6 is 0 Å². The van der Waals surface area contributed by atoms with Gasteiger partial charge in [-0.05, 0) is 6.92 Å². The fourth-order valence-electron chi connectivity index (χ4n) is 1.11. The highest BCUT2D eigenvalue weighted by atomic mass is 16.1. The maximum atomic E-state index is 11.1. The first-order valence-corrected chi connectivity index (χ1v) is 3.30. The molecule has 0 spiro atoms. The predicted octanol–water partition coefficient (Wildman–Crippen LogP) is 0.560. The van der Waals surface area contributed by atoms with Crippen molar-refractivity contribution in [3.8, 4) is 0 Å². The maximum Gasteiger partial charge on any atom is 0.273 e. The van der Waals surface area contributed by atoms with Crippen LogP contribution in [0.5, 0.6) is 0 Å². The molecule has 4 heteroatoms. The summed E-state index contributed by atoms with van der Waals surface area (Å²) in [5.74, 6) is 0. The van der Waals surface area contributed by atoms with E-state index in [9.17, 15) is 4.79 Å². The second-order valence-corrected chi connectivity index (χ2v) is 2.44. The molecule has 0 radical (unpaired) electrons. The third-order valence-corrected chi connectivity index (χ3v) is 1.73. The molecule has 2 rings (SSSR count). The third kappa shape index (κ3) is 0.756. The number of aromatic nitrogens is 3. The Hall–Kier alpha value is -1.58. The summed E-state index contributed by atoms with van der Waals surface area (Å²) in [5.41, 5.74) is 0.824. The highest BCUT2D eigenvalue weighted by Gasteiger charge is 2.01. The summed E-state index contributed by atoms with van der Waals surface area (Å²) >= 11 is 0. The number of aromatic amines is 2. The van der Waals surface area contributed by atoms with Crippen LogP contribution in [0.25, 0.3) is 10.8 Å². The number of aryl methyl sites for hydroxylation is 1. The smallest absolute Gasteiger partial charge is 0.273 e. The lowest BCUT2D eigenvalue weighted by Gasteiger charge is -1.86. The summed E-state index contributed by atoms with van der Waals surface area (Å²) in [6.45, 7) is 1.91. The van der Waals surface area contributed by atoms with E-state index in [0.717, 1.165) is 11.1 Å². The molecule has 0 aromatic carbocycles. The predicted molar refractivity (Wildman–Crippen MR) is 41.5 cm³/mol. The summed E-state index contributed by atoms with van der Waals surface area (Å²) in [6.07, 6.45) is 3.33. The van der Waals surface area contributed by atoms with Crippen molar-refractivity contribution < 1.29 is 0 Å². The van der Waals surface area contributed by atoms with Crippen molar-refractivity contribution in [1.82, 2.24) is 15.2 Å². The molecule has 0 aliphatic carbocycles. The second kappa shape index (κ2) is 1.95. The SMILES string of the molecule is Cc1[nH]cc2c(=O)[nH]ncc12. The van der Waals surface area contributed by atoms with E-state index in [1.165, 1.54) is 0 Å². The Balaban J connectivity index is 3.06. The number of nitrogens with one attached hydrogen (secondary N) is 2. The van der Waals surface area contributed by atoms with Gasteiger partial charge in [-0.15, -0.1) is 0 Å². The van der Waals surface area contributed by atoms with Gasteiger partial charge in [-0.1, -0.05) is 0 Å². The minimum atomic E-state index is -0.146. The lowest BCUT2D eigenvalue weighted by Crippen LogP contribution is -2.05. The van der Waals surface area contributed by atoms with Gasteiger partial charge in [0.15, 0.2) is 0 Å². The van der Waals surface area contributed by atoms with Gasteiger partial charge in [0.25, 0.3) is 5.56 Å². The van der Waals surface area contributed by atoms with Crippen molar-refractivity contribution >= 4 is 10.8 Å². The van der Waals surface area contributed by atoms with Crippen molar-refractivity contribution in [3.05, 3.63) is 28.4 Å². The van der Waals surface area contributed by atoms with Gasteiger partial charge < -0.3 is 4.98 Å². The first-order chi connectivity index (χ1) is 5.29. The summed E-state index contributed by atoms with van der Waals surface area (Å²) in [5, 5.41) is 7.60. The monoisotopic (exact) mass is 149 g/mol. The molecular formula is C7H7N3O. The zero-order valence-electron chi connectivity index (χ0n) is 6.01. The minimum Gasteiger partial charge on any atom is -0.364 e. The van der Waals surface area contributed by atoms with Gasteiger partial charge in [-0.25, -0.2) is 5.10 Å². The molecule has 0 aliphatic rings. The third-order valence-electron chi connectivity index (χ3n) is 1.73. The van der Waals surface area contributed by atoms with Crippen LogP contribution in [0, 0.1) is 6.92 Å². The maximum absolute atomic E-state index is 11.1. The molecule has 0 atom stereocenters. The number of fused-ring (bicyclic) bond motifs is 1. The van der Waals surface area contributed by atoms with Gasteiger partial charge in [0, 0.05) is 17.3 Å². The van der Waals surface area contributed by atoms with Gasteiger partial charge >= 0.3 is 0 Å². The van der Waals surface area contributed by atoms with E-state index in [-0.39, 0.29) is 5.56 Å². The van der Waals surface area contributed by atoms with E-state index in [2.05, 4.69) is 15.2 Å². The standard InChI is InChI=1S/C7H7N3O/c1-4-5-3-9-10-7(11)6(5)2-8-4/h2-3,8H,1H3,(H,10,11). The molecule has 2 heterocycles. The van der Waals surface area contributed by atoms with Crippen molar-refractivity contribution in [2.24, 2.45) is 0 Å². The topological polar surface area (TPSA) is 61.5 Å². The van der Waals surface area contributed by atoms with E-state index in [1.807, 2.05) is 6.92 Å². The van der Waals surface area contributed by atoms with Crippen molar-refractivity contribution in [2.75, 3.05) is 0 Å². The molecule has 11 heavy (non-hydrogen) atoms. The van der Waals surface area contributed by atoms with E-state index in [1.54, 1.807) is 12.4 Å². The zero-order chi connectivity index (χ0) is 7.84. The largest absolute Gasteiger partial charge is 0.364 e. The van der Waals surface area contributed by atoms with Gasteiger partial charge in [-0.2, -0.15) is 5.10 Å². The average Bonchev–Trinajstić information content (AvgIpc) is 2.35. The number of hydrogen-bond donors (Lipinski definition) is 2. The molecule has 2 N–H and O–H groups in total. The molecular weight excluding hydrogens is 142 g/mol. The van der Waals surface area contributed by atoms with E-state index >= 15 is 0 Å². The van der Waals surface area contributed by atoms with Crippen LogP contribution in [0.2, 0.25) is 0 Å². The Bertz CT molecular complexity index is 440. The molecule has 4 nitrogen and oxygen atoms in total. The van der Waals surface area contributed by atoms with Crippen LogP contribution in [0.15, 0.2) is 17.2 Å². The Morgan fingerprint density at radius 1 is 1.45 bits per heavy atom. The van der Waals surface area contributed by atoms with Crippen molar-refractivity contribution in [3.63, 3.8) is 0 Å². The number of rotatable bonds is 0. The number of nitrogens with zero attached hydrogens (tertiary/aromatic N) is 1. The fraction of sp³-hybridized carbons (Fsp3) is 0.143. The van der Waals surface area contributed by atoms with Crippen LogP contribution in [-0.2, 0) is 0 Å². The van der Waals surface area contributed by atoms with Crippen LogP contribution < -0.4 is 5.56 Å². The summed E-state index contributed by atoms with van der Waals surface area (Å²) in [4.78, 5) is 14.0. The van der Waals surface area contributed by atoms with Crippen molar-refractivity contribution in [2.45, 2.75) is 6.92 Å². The molecule has 0 unspecified atom stereocenters. The zero-order valence-corrected chi connectivity index (χ0v) is 6.01. The summed E-state index contributed by atoms with van der Waals surface area (Å²) in [6, 6.07) is 0. The van der Waals surface area contributed by atoms with Gasteiger partial charge in [0.05, 0.1) is 11.6 Å². The quantitative estimate of drug-likeness (QED) is 0.574. The summed E-state index contributed by atoms with van der Waals surface area (Å²) < 4.78 is 0. The normalized spacial score (nSPS) is 10.6. The molecule has 0 saturated heterocycles. The van der Waals surface area contributed by atoms with Crippen LogP contribution in [0.1, 0.15) is 5.69 Å². The van der Waals surface area contributed by atoms with E-state index in [0.29, 0.717) is 5.39 Å². The molecule has 2 aromatic rings. The van der Waals surface area contributed by atoms with Crippen LogP contribution in [0.3, 0.4) is 0 Å². The fourth-order valence-corrected chi connectivity index (χ4v) is 1.11. The first-order valence-electron chi connectivity index (χ1n) is 3.30. The molecule has 0 amide bonds. The Morgan fingerprint density at radius 2 is 2.27 bits per heavy atom. The Kier molecular flexibility index (Phi) is 1.09. The van der Waals surface area contributed by atoms with Crippen LogP contribution in [-0.4, -0.2) is 15.2 Å². The molecule has 2 aromatic heterocycles. The molecule has 0 saturated carbocycles. The Labute approximate surface area is 62.3 Å². The van der Waals surface area contributed by atoms with Gasteiger partial charge in [-0.3, -0.25) is 4.79 Å². The Morgan fingerprint density at radius 3 is 3.00 bits per heavy atom. The van der Waals surface area contributed by atoms with E-state index < -0.39 is 0 Å². The highest BCUT2D eigenvalue weighted by molar-refractivity contribution is 5.82. The molecule has 56 valence electrons. The van der Waals surface area contributed by atoms with Gasteiger partial charge in [0.2, 0.25) is 0 Å². The number of H-pyrrole nitrogens is 2. The van der Waals surface area contributed by atoms with Crippen molar-refractivity contribution in [1.29, 1.82) is 0 Å². The van der Waals surface area contributed by atoms with Crippen LogP contribution in [0.4, 0.5) is 0 Å². The average molecular weight is 149 g/mol. The minimum absolute atomic E-state index is 0.146. The molecule has 0 fully saturated rings. The lowest BCUT2D eigenvalue weighted by atomic mass is 10.3. The molecule has 0 bridgehead atoms. The van der Waals surface area contributed by atoms with E-state index in [4.69, 9.17) is 0 Å². The highest BCUT2D eigenvalue weighted by Crippen LogP contribution is 2.10.